The first-order valence-electron chi connectivity index (χ1n) is 4.60. The van der Waals surface area contributed by atoms with Crippen LogP contribution in [0.2, 0.25) is 0 Å². The predicted octanol–water partition coefficient (Wildman–Crippen LogP) is 0.856. The average Bonchev–Trinajstić information content (AvgIpc) is 2.58. The zero-order valence-corrected chi connectivity index (χ0v) is 8.58. The molecule has 0 radical (unpaired) electrons. The van der Waals surface area contributed by atoms with Gasteiger partial charge >= 0.3 is 5.97 Å². The van der Waals surface area contributed by atoms with E-state index in [1.165, 1.54) is 12.3 Å². The summed E-state index contributed by atoms with van der Waals surface area (Å²) in [6, 6.07) is 4.78. The van der Waals surface area contributed by atoms with Gasteiger partial charge in [0.05, 0.1) is 5.56 Å². The second kappa shape index (κ2) is 3.65. The van der Waals surface area contributed by atoms with Crippen LogP contribution in [0.15, 0.2) is 24.4 Å². The standard InChI is InChI=1S/C10H10N4O2/c1-6-4-8(11)13-14(6)9-3-2-7(5-12-9)10(15)16/h2-5H,1H3,(H2,11,13)(H,15,16). The number of pyridine rings is 1. The Morgan fingerprint density at radius 3 is 2.69 bits per heavy atom. The van der Waals surface area contributed by atoms with Crippen LogP contribution in [0.5, 0.6) is 0 Å². The van der Waals surface area contributed by atoms with Crippen molar-refractivity contribution in [2.45, 2.75) is 6.92 Å². The molecule has 0 aliphatic heterocycles. The third-order valence-electron chi connectivity index (χ3n) is 2.12. The predicted molar refractivity (Wildman–Crippen MR) is 57.5 cm³/mol. The molecular weight excluding hydrogens is 208 g/mol. The first-order chi connectivity index (χ1) is 7.58. The Kier molecular flexibility index (Phi) is 2.32. The monoisotopic (exact) mass is 218 g/mol. The highest BCUT2D eigenvalue weighted by atomic mass is 16.4. The van der Waals surface area contributed by atoms with Crippen molar-refractivity contribution in [2.24, 2.45) is 0 Å². The number of aromatic carboxylic acids is 1. The molecule has 0 saturated carbocycles. The van der Waals surface area contributed by atoms with Gasteiger partial charge in [0, 0.05) is 18.0 Å². The van der Waals surface area contributed by atoms with Gasteiger partial charge in [-0.25, -0.2) is 14.5 Å². The molecular formula is C10H10N4O2. The quantitative estimate of drug-likeness (QED) is 0.779. The van der Waals surface area contributed by atoms with Gasteiger partial charge in [0.1, 0.15) is 5.82 Å². The van der Waals surface area contributed by atoms with E-state index >= 15 is 0 Å². The Balaban J connectivity index is 2.42. The second-order valence-electron chi connectivity index (χ2n) is 3.33. The molecule has 6 heteroatoms. The number of aromatic nitrogens is 3. The van der Waals surface area contributed by atoms with Crippen molar-refractivity contribution in [2.75, 3.05) is 5.73 Å². The number of hydrogen-bond donors (Lipinski definition) is 2. The molecule has 0 unspecified atom stereocenters. The van der Waals surface area contributed by atoms with Crippen LogP contribution in [-0.2, 0) is 0 Å². The van der Waals surface area contributed by atoms with Crippen LogP contribution in [0.4, 0.5) is 5.82 Å². The van der Waals surface area contributed by atoms with E-state index in [9.17, 15) is 4.79 Å². The van der Waals surface area contributed by atoms with Gasteiger partial charge in [0.15, 0.2) is 5.82 Å². The van der Waals surface area contributed by atoms with Crippen LogP contribution in [0, 0.1) is 6.92 Å². The first kappa shape index (κ1) is 10.2. The fraction of sp³-hybridized carbons (Fsp3) is 0.100. The summed E-state index contributed by atoms with van der Waals surface area (Å²) >= 11 is 0. The molecule has 16 heavy (non-hydrogen) atoms. The van der Waals surface area contributed by atoms with E-state index in [-0.39, 0.29) is 5.56 Å². The van der Waals surface area contributed by atoms with Gasteiger partial charge in [-0.3, -0.25) is 0 Å². The SMILES string of the molecule is Cc1cc(N)nn1-c1ccc(C(=O)O)cn1. The molecule has 0 aliphatic rings. The maximum atomic E-state index is 10.6. The van der Waals surface area contributed by atoms with Crippen LogP contribution in [-0.4, -0.2) is 25.8 Å². The van der Waals surface area contributed by atoms with Gasteiger partial charge in [0.25, 0.3) is 0 Å². The largest absolute Gasteiger partial charge is 0.478 e. The number of rotatable bonds is 2. The van der Waals surface area contributed by atoms with Gasteiger partial charge in [-0.2, -0.15) is 0 Å². The van der Waals surface area contributed by atoms with Crippen LogP contribution in [0.1, 0.15) is 16.1 Å². The van der Waals surface area contributed by atoms with E-state index in [2.05, 4.69) is 10.1 Å². The highest BCUT2D eigenvalue weighted by molar-refractivity contribution is 5.87. The normalized spacial score (nSPS) is 10.3. The molecule has 2 heterocycles. The van der Waals surface area contributed by atoms with E-state index in [0.29, 0.717) is 11.6 Å². The average molecular weight is 218 g/mol. The van der Waals surface area contributed by atoms with Crippen molar-refractivity contribution in [3.8, 4) is 5.82 Å². The van der Waals surface area contributed by atoms with Crippen molar-refractivity contribution in [3.63, 3.8) is 0 Å². The third-order valence-corrected chi connectivity index (χ3v) is 2.12. The minimum Gasteiger partial charge on any atom is -0.478 e. The smallest absolute Gasteiger partial charge is 0.337 e. The number of nitrogens with zero attached hydrogens (tertiary/aromatic N) is 3. The minimum atomic E-state index is -1.00. The molecule has 0 atom stereocenters. The molecule has 2 rings (SSSR count). The Bertz CT molecular complexity index is 530. The first-order valence-corrected chi connectivity index (χ1v) is 4.60. The summed E-state index contributed by atoms with van der Waals surface area (Å²) in [4.78, 5) is 14.6. The molecule has 0 aliphatic carbocycles. The van der Waals surface area contributed by atoms with Crippen LogP contribution in [0.3, 0.4) is 0 Å². The van der Waals surface area contributed by atoms with Crippen molar-refractivity contribution in [1.82, 2.24) is 14.8 Å². The zero-order chi connectivity index (χ0) is 11.7. The van der Waals surface area contributed by atoms with E-state index in [0.717, 1.165) is 5.69 Å². The molecule has 0 spiro atoms. The molecule has 82 valence electrons. The number of nitrogen functional groups attached to an aromatic ring is 1. The van der Waals surface area contributed by atoms with E-state index in [1.807, 2.05) is 6.92 Å². The van der Waals surface area contributed by atoms with E-state index in [4.69, 9.17) is 10.8 Å². The molecule has 2 aromatic rings. The Hall–Kier alpha value is -2.37. The lowest BCUT2D eigenvalue weighted by molar-refractivity contribution is 0.0696. The van der Waals surface area contributed by atoms with Crippen molar-refractivity contribution >= 4 is 11.8 Å². The summed E-state index contributed by atoms with van der Waals surface area (Å²) in [5, 5.41) is 12.8. The second-order valence-corrected chi connectivity index (χ2v) is 3.33. The lowest BCUT2D eigenvalue weighted by atomic mass is 10.3. The van der Waals surface area contributed by atoms with E-state index in [1.54, 1.807) is 16.8 Å². The van der Waals surface area contributed by atoms with Gasteiger partial charge < -0.3 is 10.8 Å². The Morgan fingerprint density at radius 1 is 1.50 bits per heavy atom. The highest BCUT2D eigenvalue weighted by Crippen LogP contribution is 2.11. The molecule has 0 saturated heterocycles. The number of nitrogens with two attached hydrogens (primary N) is 1. The summed E-state index contributed by atoms with van der Waals surface area (Å²) in [5.41, 5.74) is 6.52. The highest BCUT2D eigenvalue weighted by Gasteiger charge is 2.07. The number of aryl methyl sites for hydroxylation is 1. The van der Waals surface area contributed by atoms with Gasteiger partial charge in [-0.05, 0) is 19.1 Å². The van der Waals surface area contributed by atoms with Crippen molar-refractivity contribution in [3.05, 3.63) is 35.7 Å². The van der Waals surface area contributed by atoms with Gasteiger partial charge in [-0.1, -0.05) is 0 Å². The van der Waals surface area contributed by atoms with Crippen LogP contribution >= 0.6 is 0 Å². The van der Waals surface area contributed by atoms with Crippen LogP contribution in [0.25, 0.3) is 5.82 Å². The number of hydrogen-bond acceptors (Lipinski definition) is 4. The number of carbonyl (C=O) groups is 1. The molecule has 6 nitrogen and oxygen atoms in total. The number of carboxylic acids is 1. The summed E-state index contributed by atoms with van der Waals surface area (Å²) in [7, 11) is 0. The lowest BCUT2D eigenvalue weighted by Crippen LogP contribution is -2.04. The molecule has 3 N–H and O–H groups in total. The number of anilines is 1. The topological polar surface area (TPSA) is 94.0 Å². The van der Waals surface area contributed by atoms with Crippen molar-refractivity contribution < 1.29 is 9.90 Å². The molecule has 2 aromatic heterocycles. The molecule has 0 fully saturated rings. The summed E-state index contributed by atoms with van der Waals surface area (Å²) in [6.07, 6.45) is 1.29. The summed E-state index contributed by atoms with van der Waals surface area (Å²) < 4.78 is 1.56. The number of carboxylic acid groups (broad SMARTS) is 1. The third kappa shape index (κ3) is 1.72. The van der Waals surface area contributed by atoms with E-state index < -0.39 is 5.97 Å². The van der Waals surface area contributed by atoms with Gasteiger partial charge in [-0.15, -0.1) is 5.10 Å². The summed E-state index contributed by atoms with van der Waals surface area (Å²) in [6.45, 7) is 1.84. The van der Waals surface area contributed by atoms with Crippen LogP contribution < -0.4 is 5.73 Å². The molecule has 0 bridgehead atoms. The fourth-order valence-corrected chi connectivity index (χ4v) is 1.37. The minimum absolute atomic E-state index is 0.140. The fourth-order valence-electron chi connectivity index (χ4n) is 1.37. The Labute approximate surface area is 91.3 Å². The van der Waals surface area contributed by atoms with Crippen molar-refractivity contribution in [1.29, 1.82) is 0 Å². The lowest BCUT2D eigenvalue weighted by Gasteiger charge is -2.02. The maximum absolute atomic E-state index is 10.6. The Morgan fingerprint density at radius 2 is 2.25 bits per heavy atom. The summed E-state index contributed by atoms with van der Waals surface area (Å²) in [5.74, 6) is -0.0587. The zero-order valence-electron chi connectivity index (χ0n) is 8.58. The van der Waals surface area contributed by atoms with Gasteiger partial charge in [0.2, 0.25) is 0 Å². The molecule has 0 amide bonds. The molecule has 0 aromatic carbocycles. The maximum Gasteiger partial charge on any atom is 0.337 e.